The van der Waals surface area contributed by atoms with Crippen LogP contribution in [0.3, 0.4) is 0 Å². The lowest BCUT2D eigenvalue weighted by molar-refractivity contribution is 0.145. The Morgan fingerprint density at radius 2 is 1.70 bits per heavy atom. The van der Waals surface area contributed by atoms with Crippen LogP contribution in [0.25, 0.3) is 16.9 Å². The van der Waals surface area contributed by atoms with Crippen molar-refractivity contribution in [3.8, 4) is 22.7 Å². The minimum Gasteiger partial charge on any atom is -0.497 e. The minimum absolute atomic E-state index is 0.272. The molecule has 3 rings (SSSR count). The van der Waals surface area contributed by atoms with Crippen LogP contribution in [0.15, 0.2) is 54.6 Å². The van der Waals surface area contributed by atoms with Crippen LogP contribution < -0.4 is 4.74 Å². The second kappa shape index (κ2) is 6.38. The lowest BCUT2D eigenvalue weighted by atomic mass is 10.1. The monoisotopic (exact) mass is 334 g/mol. The lowest BCUT2D eigenvalue weighted by Crippen LogP contribution is -2.00. The maximum atomic E-state index is 13.1. The highest BCUT2D eigenvalue weighted by Crippen LogP contribution is 2.29. The summed E-state index contributed by atoms with van der Waals surface area (Å²) in [6.45, 7) is 0. The first-order chi connectivity index (χ1) is 11.1. The van der Waals surface area contributed by atoms with Crippen molar-refractivity contribution in [3.63, 3.8) is 0 Å². The third-order valence-corrected chi connectivity index (χ3v) is 3.66. The molecule has 3 nitrogen and oxygen atoms in total. The molecule has 0 aliphatic rings. The van der Waals surface area contributed by atoms with Crippen LogP contribution in [-0.4, -0.2) is 16.9 Å². The first kappa shape index (κ1) is 15.5. The number of halogens is 3. The van der Waals surface area contributed by atoms with Gasteiger partial charge in [0.1, 0.15) is 11.4 Å². The second-order valence-corrected chi connectivity index (χ2v) is 5.31. The van der Waals surface area contributed by atoms with Gasteiger partial charge in [-0.15, -0.1) is 0 Å². The second-order valence-electron chi connectivity index (χ2n) is 4.87. The van der Waals surface area contributed by atoms with Crippen molar-refractivity contribution < 1.29 is 13.5 Å². The number of rotatable bonds is 4. The number of methoxy groups -OCH3 is 1. The third-order valence-electron chi connectivity index (χ3n) is 3.41. The molecule has 2 aromatic carbocycles. The molecule has 0 bridgehead atoms. The number of aromatic nitrogens is 2. The zero-order valence-corrected chi connectivity index (χ0v) is 13.0. The number of benzene rings is 2. The molecular weight excluding hydrogens is 322 g/mol. The summed E-state index contributed by atoms with van der Waals surface area (Å²) in [5.74, 6) is 0.683. The highest BCUT2D eigenvalue weighted by molar-refractivity contribution is 6.30. The SMILES string of the molecule is COc1ccc(-n2nc(C(F)F)cc2-c2ccc(Cl)cc2)cc1. The van der Waals surface area contributed by atoms with Crippen molar-refractivity contribution in [1.82, 2.24) is 9.78 Å². The predicted molar refractivity (Wildman–Crippen MR) is 85.5 cm³/mol. The molecule has 0 fully saturated rings. The molecule has 1 heterocycles. The fourth-order valence-electron chi connectivity index (χ4n) is 2.25. The van der Waals surface area contributed by atoms with Crippen LogP contribution >= 0.6 is 11.6 Å². The molecule has 0 spiro atoms. The van der Waals surface area contributed by atoms with E-state index in [1.54, 1.807) is 55.6 Å². The zero-order chi connectivity index (χ0) is 16.4. The van der Waals surface area contributed by atoms with Gasteiger partial charge in [0.25, 0.3) is 6.43 Å². The van der Waals surface area contributed by atoms with E-state index < -0.39 is 6.43 Å². The molecule has 0 radical (unpaired) electrons. The molecular formula is C17H13ClF2N2O. The fraction of sp³-hybridized carbons (Fsp3) is 0.118. The Morgan fingerprint density at radius 3 is 2.26 bits per heavy atom. The quantitative estimate of drug-likeness (QED) is 0.660. The van der Waals surface area contributed by atoms with Crippen molar-refractivity contribution in [2.45, 2.75) is 6.43 Å². The summed E-state index contributed by atoms with van der Waals surface area (Å²) in [5, 5.41) is 4.61. The lowest BCUT2D eigenvalue weighted by Gasteiger charge is -2.08. The Labute approximate surface area is 137 Å². The smallest absolute Gasteiger partial charge is 0.282 e. The van der Waals surface area contributed by atoms with Crippen LogP contribution in [0, 0.1) is 0 Å². The van der Waals surface area contributed by atoms with Gasteiger partial charge in [0.2, 0.25) is 0 Å². The summed E-state index contributed by atoms with van der Waals surface area (Å²) in [5.41, 5.74) is 1.72. The van der Waals surface area contributed by atoms with Gasteiger partial charge in [0.15, 0.2) is 0 Å². The summed E-state index contributed by atoms with van der Waals surface area (Å²) >= 11 is 5.89. The molecule has 118 valence electrons. The van der Waals surface area contributed by atoms with E-state index >= 15 is 0 Å². The number of alkyl halides is 2. The van der Waals surface area contributed by atoms with E-state index in [0.29, 0.717) is 22.2 Å². The standard InChI is InChI=1S/C17H13ClF2N2O/c1-23-14-8-6-13(7-9-14)22-16(10-15(21-22)17(19)20)11-2-4-12(18)5-3-11/h2-10,17H,1H3. The zero-order valence-electron chi connectivity index (χ0n) is 12.2. The van der Waals surface area contributed by atoms with Gasteiger partial charge in [0.05, 0.1) is 18.5 Å². The average Bonchev–Trinajstić information content (AvgIpc) is 3.01. The van der Waals surface area contributed by atoms with Crippen molar-refractivity contribution in [2.24, 2.45) is 0 Å². The summed E-state index contributed by atoms with van der Waals surface area (Å²) in [4.78, 5) is 0. The highest BCUT2D eigenvalue weighted by Gasteiger charge is 2.17. The average molecular weight is 335 g/mol. The van der Waals surface area contributed by atoms with Crippen LogP contribution in [0.4, 0.5) is 8.78 Å². The minimum atomic E-state index is -2.64. The van der Waals surface area contributed by atoms with Crippen LogP contribution in [-0.2, 0) is 0 Å². The van der Waals surface area contributed by atoms with E-state index in [4.69, 9.17) is 16.3 Å². The van der Waals surface area contributed by atoms with E-state index in [2.05, 4.69) is 5.10 Å². The number of ether oxygens (including phenoxy) is 1. The molecule has 1 aromatic heterocycles. The van der Waals surface area contributed by atoms with Gasteiger partial charge in [-0.05, 0) is 42.5 Å². The molecule has 3 aromatic rings. The van der Waals surface area contributed by atoms with Crippen molar-refractivity contribution >= 4 is 11.6 Å². The Bertz CT molecular complexity index is 798. The Balaban J connectivity index is 2.12. The Hall–Kier alpha value is -2.40. The largest absolute Gasteiger partial charge is 0.497 e. The maximum absolute atomic E-state index is 13.1. The first-order valence-corrected chi connectivity index (χ1v) is 7.25. The number of nitrogens with zero attached hydrogens (tertiary/aromatic N) is 2. The summed E-state index contributed by atoms with van der Waals surface area (Å²) in [6.07, 6.45) is -2.64. The van der Waals surface area contributed by atoms with E-state index in [1.807, 2.05) is 0 Å². The molecule has 6 heteroatoms. The number of hydrogen-bond donors (Lipinski definition) is 0. The van der Waals surface area contributed by atoms with Gasteiger partial charge in [-0.1, -0.05) is 23.7 Å². The summed E-state index contributed by atoms with van der Waals surface area (Å²) in [7, 11) is 1.57. The highest BCUT2D eigenvalue weighted by atomic mass is 35.5. The summed E-state index contributed by atoms with van der Waals surface area (Å²) < 4.78 is 32.7. The summed E-state index contributed by atoms with van der Waals surface area (Å²) in [6, 6.07) is 15.4. The molecule has 0 unspecified atom stereocenters. The Kier molecular flexibility index (Phi) is 4.30. The molecule has 0 amide bonds. The molecule has 0 N–H and O–H groups in total. The van der Waals surface area contributed by atoms with Gasteiger partial charge in [-0.2, -0.15) is 5.10 Å². The molecule has 0 saturated carbocycles. The maximum Gasteiger partial charge on any atom is 0.282 e. The number of hydrogen-bond acceptors (Lipinski definition) is 2. The molecule has 0 saturated heterocycles. The van der Waals surface area contributed by atoms with Crippen LogP contribution in [0.1, 0.15) is 12.1 Å². The third kappa shape index (κ3) is 3.19. The topological polar surface area (TPSA) is 27.1 Å². The molecule has 23 heavy (non-hydrogen) atoms. The van der Waals surface area contributed by atoms with Gasteiger partial charge >= 0.3 is 0 Å². The Morgan fingerprint density at radius 1 is 1.04 bits per heavy atom. The van der Waals surface area contributed by atoms with Gasteiger partial charge in [0, 0.05) is 10.6 Å². The van der Waals surface area contributed by atoms with Gasteiger partial charge in [-0.3, -0.25) is 0 Å². The fourth-order valence-corrected chi connectivity index (χ4v) is 2.38. The molecule has 0 aliphatic carbocycles. The normalized spacial score (nSPS) is 11.0. The van der Waals surface area contributed by atoms with Crippen molar-refractivity contribution in [2.75, 3.05) is 7.11 Å². The first-order valence-electron chi connectivity index (χ1n) is 6.87. The van der Waals surface area contributed by atoms with Crippen LogP contribution in [0.2, 0.25) is 5.02 Å². The van der Waals surface area contributed by atoms with E-state index in [-0.39, 0.29) is 5.69 Å². The van der Waals surface area contributed by atoms with E-state index in [1.165, 1.54) is 10.7 Å². The van der Waals surface area contributed by atoms with E-state index in [0.717, 1.165) is 5.56 Å². The van der Waals surface area contributed by atoms with Crippen LogP contribution in [0.5, 0.6) is 5.75 Å². The predicted octanol–water partition coefficient (Wildman–Crippen LogP) is 5.14. The van der Waals surface area contributed by atoms with Gasteiger partial charge < -0.3 is 4.74 Å². The molecule has 0 aliphatic heterocycles. The van der Waals surface area contributed by atoms with Gasteiger partial charge in [-0.25, -0.2) is 13.5 Å². The van der Waals surface area contributed by atoms with Crippen molar-refractivity contribution in [1.29, 1.82) is 0 Å². The molecule has 0 atom stereocenters. The van der Waals surface area contributed by atoms with E-state index in [9.17, 15) is 8.78 Å². The van der Waals surface area contributed by atoms with Crippen molar-refractivity contribution in [3.05, 3.63) is 65.3 Å².